The summed E-state index contributed by atoms with van der Waals surface area (Å²) in [5.41, 5.74) is 5.22. The zero-order valence-corrected chi connectivity index (χ0v) is 12.8. The first-order valence-electron chi connectivity index (χ1n) is 6.68. The third-order valence-electron chi connectivity index (χ3n) is 3.83. The van der Waals surface area contributed by atoms with Gasteiger partial charge in [-0.3, -0.25) is 4.79 Å². The third-order valence-corrected chi connectivity index (χ3v) is 5.12. The molecule has 0 saturated heterocycles. The standard InChI is InChI=1S/C14H20N2OS2/c1-10(9-11-5-4-8-19-11)16-13(17)14(12(15)18)6-2-3-7-14/h4-5,8,10H,2-3,6-7,9H2,1H3,(H2,15,18)(H,16,17). The van der Waals surface area contributed by atoms with Crippen LogP contribution in [-0.4, -0.2) is 16.9 Å². The average Bonchev–Trinajstić information content (AvgIpc) is 2.98. The highest BCUT2D eigenvalue weighted by atomic mass is 32.1. The van der Waals surface area contributed by atoms with Crippen molar-refractivity contribution >= 4 is 34.5 Å². The van der Waals surface area contributed by atoms with Crippen molar-refractivity contribution in [1.82, 2.24) is 5.32 Å². The number of carbonyl (C=O) groups is 1. The Morgan fingerprint density at radius 1 is 1.58 bits per heavy atom. The summed E-state index contributed by atoms with van der Waals surface area (Å²) < 4.78 is 0. The molecule has 1 unspecified atom stereocenters. The molecule has 1 atom stereocenters. The Morgan fingerprint density at radius 3 is 2.79 bits per heavy atom. The van der Waals surface area contributed by atoms with Crippen LogP contribution in [0.4, 0.5) is 0 Å². The quantitative estimate of drug-likeness (QED) is 0.821. The van der Waals surface area contributed by atoms with Gasteiger partial charge in [-0.2, -0.15) is 0 Å². The number of rotatable bonds is 5. The second kappa shape index (κ2) is 6.01. The molecule has 5 heteroatoms. The summed E-state index contributed by atoms with van der Waals surface area (Å²) in [6.07, 6.45) is 4.50. The van der Waals surface area contributed by atoms with Crippen LogP contribution in [0.25, 0.3) is 0 Å². The Morgan fingerprint density at radius 2 is 2.26 bits per heavy atom. The summed E-state index contributed by atoms with van der Waals surface area (Å²) in [4.78, 5) is 14.1. The normalized spacial score (nSPS) is 19.0. The molecule has 1 amide bonds. The lowest BCUT2D eigenvalue weighted by Gasteiger charge is -2.28. The van der Waals surface area contributed by atoms with Crippen LogP contribution in [0.15, 0.2) is 17.5 Å². The molecule has 2 rings (SSSR count). The van der Waals surface area contributed by atoms with Gasteiger partial charge in [-0.25, -0.2) is 0 Å². The lowest BCUT2D eigenvalue weighted by atomic mass is 9.84. The van der Waals surface area contributed by atoms with Crippen LogP contribution in [-0.2, 0) is 11.2 Å². The van der Waals surface area contributed by atoms with E-state index < -0.39 is 5.41 Å². The minimum atomic E-state index is -0.598. The van der Waals surface area contributed by atoms with Crippen molar-refractivity contribution in [2.45, 2.75) is 45.1 Å². The fraction of sp³-hybridized carbons (Fsp3) is 0.571. The van der Waals surface area contributed by atoms with Crippen molar-refractivity contribution in [3.63, 3.8) is 0 Å². The molecule has 1 aliphatic carbocycles. The van der Waals surface area contributed by atoms with E-state index >= 15 is 0 Å². The maximum absolute atomic E-state index is 12.5. The molecule has 0 aromatic carbocycles. The van der Waals surface area contributed by atoms with E-state index in [9.17, 15) is 4.79 Å². The highest BCUT2D eigenvalue weighted by Crippen LogP contribution is 2.38. The first-order valence-corrected chi connectivity index (χ1v) is 7.96. The molecule has 3 N–H and O–H groups in total. The molecule has 3 nitrogen and oxygen atoms in total. The first kappa shape index (κ1) is 14.5. The van der Waals surface area contributed by atoms with Crippen molar-refractivity contribution in [1.29, 1.82) is 0 Å². The molecule has 19 heavy (non-hydrogen) atoms. The molecule has 0 radical (unpaired) electrons. The molecule has 0 bridgehead atoms. The molecular formula is C14H20N2OS2. The van der Waals surface area contributed by atoms with Gasteiger partial charge in [-0.1, -0.05) is 31.1 Å². The number of nitrogens with two attached hydrogens (primary N) is 1. The molecule has 1 saturated carbocycles. The minimum absolute atomic E-state index is 0.0153. The number of thiocarbonyl (C=S) groups is 1. The highest BCUT2D eigenvalue weighted by molar-refractivity contribution is 7.80. The van der Waals surface area contributed by atoms with E-state index in [1.165, 1.54) is 4.88 Å². The van der Waals surface area contributed by atoms with Crippen LogP contribution in [0.3, 0.4) is 0 Å². The molecule has 1 aromatic heterocycles. The Hall–Kier alpha value is -0.940. The molecule has 1 fully saturated rings. The third kappa shape index (κ3) is 3.15. The van der Waals surface area contributed by atoms with Crippen molar-refractivity contribution < 1.29 is 4.79 Å². The van der Waals surface area contributed by atoms with Gasteiger partial charge in [0.2, 0.25) is 5.91 Å². The number of thiophene rings is 1. The summed E-state index contributed by atoms with van der Waals surface area (Å²) >= 11 is 6.85. The van der Waals surface area contributed by atoms with Crippen molar-refractivity contribution in [2.75, 3.05) is 0 Å². The average molecular weight is 296 g/mol. The second-order valence-electron chi connectivity index (χ2n) is 5.31. The van der Waals surface area contributed by atoms with Gasteiger partial charge in [0, 0.05) is 17.3 Å². The number of amides is 1. The largest absolute Gasteiger partial charge is 0.392 e. The van der Waals surface area contributed by atoms with Crippen molar-refractivity contribution in [3.8, 4) is 0 Å². The van der Waals surface area contributed by atoms with Crippen molar-refractivity contribution in [3.05, 3.63) is 22.4 Å². The van der Waals surface area contributed by atoms with E-state index in [-0.39, 0.29) is 11.9 Å². The fourth-order valence-electron chi connectivity index (χ4n) is 2.71. The number of hydrogen-bond acceptors (Lipinski definition) is 3. The highest BCUT2D eigenvalue weighted by Gasteiger charge is 2.44. The summed E-state index contributed by atoms with van der Waals surface area (Å²) in [6, 6.07) is 4.23. The van der Waals surface area contributed by atoms with Crippen LogP contribution in [0.2, 0.25) is 0 Å². The van der Waals surface area contributed by atoms with Gasteiger partial charge >= 0.3 is 0 Å². The predicted molar refractivity (Wildman–Crippen MR) is 83.3 cm³/mol. The molecular weight excluding hydrogens is 276 g/mol. The van der Waals surface area contributed by atoms with Crippen LogP contribution < -0.4 is 11.1 Å². The first-order chi connectivity index (χ1) is 9.04. The van der Waals surface area contributed by atoms with Gasteiger partial charge in [0.05, 0.1) is 10.4 Å². The molecule has 1 aliphatic rings. The van der Waals surface area contributed by atoms with E-state index in [1.807, 2.05) is 13.0 Å². The van der Waals surface area contributed by atoms with E-state index in [4.69, 9.17) is 18.0 Å². The van der Waals surface area contributed by atoms with Gasteiger partial charge in [-0.15, -0.1) is 11.3 Å². The van der Waals surface area contributed by atoms with Gasteiger partial charge < -0.3 is 11.1 Å². The predicted octanol–water partition coefficient (Wildman–Crippen LogP) is 2.64. The monoisotopic (exact) mass is 296 g/mol. The van der Waals surface area contributed by atoms with E-state index in [0.29, 0.717) is 4.99 Å². The number of hydrogen-bond donors (Lipinski definition) is 2. The van der Waals surface area contributed by atoms with Crippen LogP contribution in [0.5, 0.6) is 0 Å². The Kier molecular flexibility index (Phi) is 4.58. The molecule has 1 heterocycles. The molecule has 104 valence electrons. The number of carbonyl (C=O) groups excluding carboxylic acids is 1. The maximum Gasteiger partial charge on any atom is 0.233 e. The number of nitrogens with one attached hydrogen (secondary N) is 1. The summed E-state index contributed by atoms with van der Waals surface area (Å²) in [5.74, 6) is 0.0153. The van der Waals surface area contributed by atoms with E-state index in [1.54, 1.807) is 11.3 Å². The van der Waals surface area contributed by atoms with Crippen molar-refractivity contribution in [2.24, 2.45) is 11.1 Å². The van der Waals surface area contributed by atoms with E-state index in [2.05, 4.69) is 16.8 Å². The lowest BCUT2D eigenvalue weighted by Crippen LogP contribution is -2.50. The SMILES string of the molecule is CC(Cc1cccs1)NC(=O)C1(C(N)=S)CCCC1. The zero-order valence-electron chi connectivity index (χ0n) is 11.1. The summed E-state index contributed by atoms with van der Waals surface area (Å²) in [6.45, 7) is 2.03. The molecule has 0 aliphatic heterocycles. The van der Waals surface area contributed by atoms with Gasteiger partial charge in [0.1, 0.15) is 0 Å². The minimum Gasteiger partial charge on any atom is -0.392 e. The Labute approximate surface area is 123 Å². The summed E-state index contributed by atoms with van der Waals surface area (Å²) in [7, 11) is 0. The lowest BCUT2D eigenvalue weighted by molar-refractivity contribution is -0.127. The Bertz CT molecular complexity index is 450. The smallest absolute Gasteiger partial charge is 0.233 e. The topological polar surface area (TPSA) is 55.1 Å². The van der Waals surface area contributed by atoms with Crippen LogP contribution >= 0.6 is 23.6 Å². The maximum atomic E-state index is 12.5. The van der Waals surface area contributed by atoms with E-state index in [0.717, 1.165) is 32.1 Å². The summed E-state index contributed by atoms with van der Waals surface area (Å²) in [5, 5.41) is 5.14. The molecule has 0 spiro atoms. The van der Waals surface area contributed by atoms with Crippen LogP contribution in [0.1, 0.15) is 37.5 Å². The second-order valence-corrected chi connectivity index (χ2v) is 6.78. The van der Waals surface area contributed by atoms with Gasteiger partial charge in [0.25, 0.3) is 0 Å². The fourth-order valence-corrected chi connectivity index (χ4v) is 3.84. The van der Waals surface area contributed by atoms with Gasteiger partial charge in [0.15, 0.2) is 0 Å². The molecule has 1 aromatic rings. The Balaban J connectivity index is 1.97. The zero-order chi connectivity index (χ0) is 13.9. The van der Waals surface area contributed by atoms with Gasteiger partial charge in [-0.05, 0) is 31.2 Å². The van der Waals surface area contributed by atoms with Crippen LogP contribution in [0, 0.1) is 5.41 Å².